The molecule has 2 rings (SSSR count). The Kier molecular flexibility index (Phi) is 6.19. The lowest BCUT2D eigenvalue weighted by atomic mass is 10.2. The third-order valence-corrected chi connectivity index (χ3v) is 3.11. The molecule has 2 saturated heterocycles. The molecule has 2 atom stereocenters. The van der Waals surface area contributed by atoms with Gasteiger partial charge in [-0.3, -0.25) is 4.79 Å². The minimum Gasteiger partial charge on any atom is -0.375 e. The van der Waals surface area contributed by atoms with Crippen LogP contribution < -0.4 is 5.32 Å². The summed E-state index contributed by atoms with van der Waals surface area (Å²) < 4.78 is 11.0. The Morgan fingerprint density at radius 2 is 2.24 bits per heavy atom. The lowest BCUT2D eigenvalue weighted by molar-refractivity contribution is -0.152. The van der Waals surface area contributed by atoms with E-state index in [4.69, 9.17) is 9.47 Å². The third kappa shape index (κ3) is 3.81. The van der Waals surface area contributed by atoms with Gasteiger partial charge in [-0.25, -0.2) is 0 Å². The summed E-state index contributed by atoms with van der Waals surface area (Å²) in [5.74, 6) is 0.106. The molecule has 0 radical (unpaired) electrons. The number of ether oxygens (including phenoxy) is 2. The van der Waals surface area contributed by atoms with Gasteiger partial charge in [-0.15, -0.1) is 12.4 Å². The van der Waals surface area contributed by atoms with Gasteiger partial charge in [0, 0.05) is 26.2 Å². The smallest absolute Gasteiger partial charge is 0.253 e. The van der Waals surface area contributed by atoms with Crippen molar-refractivity contribution in [1.29, 1.82) is 0 Å². The van der Waals surface area contributed by atoms with Gasteiger partial charge in [-0.2, -0.15) is 0 Å². The van der Waals surface area contributed by atoms with Crippen LogP contribution >= 0.6 is 12.4 Å². The Morgan fingerprint density at radius 1 is 1.41 bits per heavy atom. The van der Waals surface area contributed by atoms with Crippen LogP contribution in [0.5, 0.6) is 0 Å². The predicted molar refractivity (Wildman–Crippen MR) is 66.5 cm³/mol. The maximum atomic E-state index is 12.1. The molecular formula is C11H21ClN2O3. The number of hydrogen-bond acceptors (Lipinski definition) is 4. The Morgan fingerprint density at radius 3 is 2.88 bits per heavy atom. The van der Waals surface area contributed by atoms with Gasteiger partial charge in [0.05, 0.1) is 19.3 Å². The summed E-state index contributed by atoms with van der Waals surface area (Å²) in [7, 11) is 0. The zero-order chi connectivity index (χ0) is 11.4. The minimum absolute atomic E-state index is 0. The van der Waals surface area contributed by atoms with Crippen molar-refractivity contribution in [2.24, 2.45) is 0 Å². The summed E-state index contributed by atoms with van der Waals surface area (Å²) in [6.45, 7) is 6.21. The largest absolute Gasteiger partial charge is 0.375 e. The van der Waals surface area contributed by atoms with Gasteiger partial charge < -0.3 is 19.7 Å². The quantitative estimate of drug-likeness (QED) is 0.765. The number of halogens is 1. The van der Waals surface area contributed by atoms with Crippen LogP contribution in [0.1, 0.15) is 13.3 Å². The molecule has 17 heavy (non-hydrogen) atoms. The van der Waals surface area contributed by atoms with Crippen LogP contribution in [0.15, 0.2) is 0 Å². The summed E-state index contributed by atoms with van der Waals surface area (Å²) in [4.78, 5) is 14.0. The van der Waals surface area contributed by atoms with E-state index >= 15 is 0 Å². The Hall–Kier alpha value is -0.360. The number of carbonyl (C=O) groups excluding carboxylic acids is 1. The topological polar surface area (TPSA) is 50.8 Å². The number of nitrogens with one attached hydrogen (secondary N) is 1. The number of hydrogen-bond donors (Lipinski definition) is 1. The van der Waals surface area contributed by atoms with Crippen LogP contribution in [0.2, 0.25) is 0 Å². The van der Waals surface area contributed by atoms with Gasteiger partial charge in [0.15, 0.2) is 0 Å². The molecule has 0 aliphatic carbocycles. The van der Waals surface area contributed by atoms with Gasteiger partial charge in [0.2, 0.25) is 0 Å². The molecule has 1 N–H and O–H groups in total. The van der Waals surface area contributed by atoms with Crippen LogP contribution in [0.4, 0.5) is 0 Å². The van der Waals surface area contributed by atoms with Crippen molar-refractivity contribution >= 4 is 18.3 Å². The van der Waals surface area contributed by atoms with Gasteiger partial charge >= 0.3 is 0 Å². The van der Waals surface area contributed by atoms with E-state index in [-0.39, 0.29) is 30.5 Å². The Labute approximate surface area is 108 Å². The molecule has 2 aliphatic heterocycles. The third-order valence-electron chi connectivity index (χ3n) is 3.11. The summed E-state index contributed by atoms with van der Waals surface area (Å²) in [6, 6.07) is 0. The minimum atomic E-state index is -0.302. The molecule has 2 aliphatic rings. The van der Waals surface area contributed by atoms with Crippen molar-refractivity contribution in [2.75, 3.05) is 39.4 Å². The first kappa shape index (κ1) is 14.7. The van der Waals surface area contributed by atoms with Gasteiger partial charge in [0.1, 0.15) is 6.10 Å². The van der Waals surface area contributed by atoms with Crippen LogP contribution in [0.25, 0.3) is 0 Å². The highest BCUT2D eigenvalue weighted by atomic mass is 35.5. The van der Waals surface area contributed by atoms with Crippen molar-refractivity contribution in [3.05, 3.63) is 0 Å². The van der Waals surface area contributed by atoms with E-state index in [2.05, 4.69) is 12.2 Å². The Bertz CT molecular complexity index is 247. The first-order valence-corrected chi connectivity index (χ1v) is 6.04. The van der Waals surface area contributed by atoms with E-state index in [1.807, 2.05) is 4.90 Å². The van der Waals surface area contributed by atoms with Crippen molar-refractivity contribution in [3.8, 4) is 0 Å². The number of nitrogens with zero attached hydrogens (tertiary/aromatic N) is 1. The molecule has 0 aromatic rings. The van der Waals surface area contributed by atoms with E-state index in [0.717, 1.165) is 13.0 Å². The molecule has 6 heteroatoms. The van der Waals surface area contributed by atoms with Crippen LogP contribution in [0.3, 0.4) is 0 Å². The van der Waals surface area contributed by atoms with E-state index in [1.54, 1.807) is 0 Å². The molecule has 0 bridgehead atoms. The second-order valence-electron chi connectivity index (χ2n) is 4.25. The number of amides is 1. The van der Waals surface area contributed by atoms with E-state index in [0.29, 0.717) is 32.8 Å². The molecule has 5 nitrogen and oxygen atoms in total. The lowest BCUT2D eigenvalue weighted by Gasteiger charge is -2.35. The monoisotopic (exact) mass is 264 g/mol. The summed E-state index contributed by atoms with van der Waals surface area (Å²) >= 11 is 0. The van der Waals surface area contributed by atoms with Crippen LogP contribution in [-0.2, 0) is 14.3 Å². The molecule has 100 valence electrons. The number of rotatable bonds is 2. The van der Waals surface area contributed by atoms with E-state index < -0.39 is 0 Å². The SMILES string of the molecule is CCC1CN(C(=O)C2CNCCO2)CCO1.Cl. The molecule has 1 amide bonds. The molecule has 0 saturated carbocycles. The van der Waals surface area contributed by atoms with Crippen molar-refractivity contribution in [2.45, 2.75) is 25.6 Å². The molecule has 0 aromatic carbocycles. The van der Waals surface area contributed by atoms with E-state index in [1.165, 1.54) is 0 Å². The zero-order valence-electron chi connectivity index (χ0n) is 10.2. The fraction of sp³-hybridized carbons (Fsp3) is 0.909. The standard InChI is InChI=1S/C11H20N2O3.ClH/c1-2-9-8-13(4-6-15-9)11(14)10-7-12-3-5-16-10;/h9-10,12H,2-8H2,1H3;1H. The fourth-order valence-electron chi connectivity index (χ4n) is 2.09. The van der Waals surface area contributed by atoms with E-state index in [9.17, 15) is 4.79 Å². The zero-order valence-corrected chi connectivity index (χ0v) is 11.0. The number of morpholine rings is 2. The molecular weight excluding hydrogens is 244 g/mol. The first-order valence-electron chi connectivity index (χ1n) is 6.04. The summed E-state index contributed by atoms with van der Waals surface area (Å²) in [5, 5.41) is 3.18. The van der Waals surface area contributed by atoms with Crippen molar-refractivity contribution < 1.29 is 14.3 Å². The van der Waals surface area contributed by atoms with Crippen LogP contribution in [0, 0.1) is 0 Å². The maximum absolute atomic E-state index is 12.1. The lowest BCUT2D eigenvalue weighted by Crippen LogP contribution is -2.53. The summed E-state index contributed by atoms with van der Waals surface area (Å²) in [5.41, 5.74) is 0. The summed E-state index contributed by atoms with van der Waals surface area (Å²) in [6.07, 6.45) is 0.840. The maximum Gasteiger partial charge on any atom is 0.253 e. The highest BCUT2D eigenvalue weighted by molar-refractivity contribution is 5.85. The average molecular weight is 265 g/mol. The van der Waals surface area contributed by atoms with Crippen LogP contribution in [-0.4, -0.2) is 62.4 Å². The molecule has 0 aromatic heterocycles. The van der Waals surface area contributed by atoms with Gasteiger partial charge in [0.25, 0.3) is 5.91 Å². The Balaban J connectivity index is 0.00000144. The van der Waals surface area contributed by atoms with Crippen molar-refractivity contribution in [1.82, 2.24) is 10.2 Å². The normalized spacial score (nSPS) is 29.6. The second kappa shape index (κ2) is 7.16. The second-order valence-corrected chi connectivity index (χ2v) is 4.25. The number of carbonyl (C=O) groups is 1. The predicted octanol–water partition coefficient (Wildman–Crippen LogP) is 0.0340. The molecule has 2 unspecified atom stereocenters. The first-order chi connectivity index (χ1) is 7.81. The highest BCUT2D eigenvalue weighted by Crippen LogP contribution is 2.11. The average Bonchev–Trinajstić information content (AvgIpc) is 2.39. The molecule has 2 fully saturated rings. The van der Waals surface area contributed by atoms with Crippen molar-refractivity contribution in [3.63, 3.8) is 0 Å². The van der Waals surface area contributed by atoms with Gasteiger partial charge in [-0.1, -0.05) is 6.92 Å². The molecule has 2 heterocycles. The molecule has 0 spiro atoms. The highest BCUT2D eigenvalue weighted by Gasteiger charge is 2.30. The van der Waals surface area contributed by atoms with Gasteiger partial charge in [-0.05, 0) is 6.42 Å². The fourth-order valence-corrected chi connectivity index (χ4v) is 2.09.